The number of thioether (sulfide) groups is 1. The molecule has 2 aromatic carbocycles. The predicted octanol–water partition coefficient (Wildman–Crippen LogP) is 5.11. The summed E-state index contributed by atoms with van der Waals surface area (Å²) in [5.41, 5.74) is 2.21. The van der Waals surface area contributed by atoms with Crippen LogP contribution >= 0.6 is 23.4 Å². The molecular weight excluding hydrogens is 326 g/mol. The number of amides is 1. The van der Waals surface area contributed by atoms with Crippen LogP contribution in [0.15, 0.2) is 54.6 Å². The first kappa shape index (κ1) is 16.4. The zero-order valence-corrected chi connectivity index (χ0v) is 14.7. The van der Waals surface area contributed by atoms with E-state index in [1.807, 2.05) is 65.2 Å². The molecule has 1 heterocycles. The van der Waals surface area contributed by atoms with Crippen LogP contribution in [0.2, 0.25) is 5.02 Å². The lowest BCUT2D eigenvalue weighted by atomic mass is 9.95. The van der Waals surface area contributed by atoms with Crippen LogP contribution in [0.1, 0.15) is 35.8 Å². The Kier molecular flexibility index (Phi) is 5.29. The van der Waals surface area contributed by atoms with Gasteiger partial charge >= 0.3 is 0 Å². The largest absolute Gasteiger partial charge is 0.325 e. The van der Waals surface area contributed by atoms with Crippen molar-refractivity contribution in [3.8, 4) is 0 Å². The highest BCUT2D eigenvalue weighted by atomic mass is 35.5. The van der Waals surface area contributed by atoms with Crippen molar-refractivity contribution in [2.75, 3.05) is 12.3 Å². The van der Waals surface area contributed by atoms with Crippen LogP contribution < -0.4 is 0 Å². The van der Waals surface area contributed by atoms with E-state index in [1.165, 1.54) is 0 Å². The summed E-state index contributed by atoms with van der Waals surface area (Å²) in [5.74, 6) is 1.11. The molecule has 4 heteroatoms. The Hall–Kier alpha value is -1.45. The van der Waals surface area contributed by atoms with Gasteiger partial charge in [0.2, 0.25) is 5.91 Å². The van der Waals surface area contributed by atoms with Gasteiger partial charge in [-0.1, -0.05) is 61.0 Å². The molecule has 0 radical (unpaired) electrons. The van der Waals surface area contributed by atoms with E-state index in [4.69, 9.17) is 11.6 Å². The zero-order chi connectivity index (χ0) is 16.2. The topological polar surface area (TPSA) is 20.3 Å². The number of halogens is 1. The zero-order valence-electron chi connectivity index (χ0n) is 13.1. The summed E-state index contributed by atoms with van der Waals surface area (Å²) in [6, 6.07) is 17.9. The molecule has 0 aromatic heterocycles. The molecule has 1 saturated heterocycles. The maximum absolute atomic E-state index is 13.1. The van der Waals surface area contributed by atoms with Crippen molar-refractivity contribution >= 4 is 29.3 Å². The van der Waals surface area contributed by atoms with Gasteiger partial charge in [-0.3, -0.25) is 4.79 Å². The Labute approximate surface area is 146 Å². The van der Waals surface area contributed by atoms with Gasteiger partial charge in [0, 0.05) is 17.3 Å². The second-order valence-electron chi connectivity index (χ2n) is 5.68. The fraction of sp³-hybridized carbons (Fsp3) is 0.316. The molecule has 0 aliphatic carbocycles. The summed E-state index contributed by atoms with van der Waals surface area (Å²) < 4.78 is 0. The van der Waals surface area contributed by atoms with Gasteiger partial charge in [-0.2, -0.15) is 0 Å². The fourth-order valence-corrected chi connectivity index (χ4v) is 4.52. The lowest BCUT2D eigenvalue weighted by molar-refractivity contribution is -0.133. The Morgan fingerprint density at radius 3 is 2.74 bits per heavy atom. The van der Waals surface area contributed by atoms with E-state index in [9.17, 15) is 4.79 Å². The van der Waals surface area contributed by atoms with Crippen molar-refractivity contribution in [3.63, 3.8) is 0 Å². The minimum absolute atomic E-state index is 0.0685. The minimum Gasteiger partial charge on any atom is -0.325 e. The molecule has 2 atom stereocenters. The molecule has 1 aliphatic rings. The average Bonchev–Trinajstić information content (AvgIpc) is 3.06. The first-order valence-electron chi connectivity index (χ1n) is 7.93. The van der Waals surface area contributed by atoms with Gasteiger partial charge in [0.15, 0.2) is 0 Å². The Morgan fingerprint density at radius 2 is 2.04 bits per heavy atom. The Morgan fingerprint density at radius 1 is 1.26 bits per heavy atom. The van der Waals surface area contributed by atoms with Gasteiger partial charge in [-0.05, 0) is 29.7 Å². The van der Waals surface area contributed by atoms with Gasteiger partial charge < -0.3 is 4.90 Å². The van der Waals surface area contributed by atoms with Crippen molar-refractivity contribution in [1.82, 2.24) is 4.90 Å². The van der Waals surface area contributed by atoms with Crippen LogP contribution in [0.25, 0.3) is 0 Å². The third kappa shape index (κ3) is 3.56. The summed E-state index contributed by atoms with van der Waals surface area (Å²) in [7, 11) is 0. The van der Waals surface area contributed by atoms with Gasteiger partial charge in [-0.25, -0.2) is 0 Å². The predicted molar refractivity (Wildman–Crippen MR) is 97.8 cm³/mol. The SMILES string of the molecule is CC[C@H](C(=O)N1CCS[C@H]1c1cccc(Cl)c1)c1ccccc1. The molecule has 23 heavy (non-hydrogen) atoms. The van der Waals surface area contributed by atoms with Crippen LogP contribution in [0.3, 0.4) is 0 Å². The Balaban J connectivity index is 1.85. The van der Waals surface area contributed by atoms with E-state index in [0.29, 0.717) is 0 Å². The fourth-order valence-electron chi connectivity index (χ4n) is 3.07. The molecule has 0 bridgehead atoms. The highest BCUT2D eigenvalue weighted by molar-refractivity contribution is 7.99. The standard InChI is InChI=1S/C19H20ClNOS/c1-2-17(14-7-4-3-5-8-14)18(22)21-11-12-23-19(21)15-9-6-10-16(20)13-15/h3-10,13,17,19H,2,11-12H2,1H3/t17-,19-/m0/s1. The van der Waals surface area contributed by atoms with E-state index < -0.39 is 0 Å². The molecule has 2 nitrogen and oxygen atoms in total. The summed E-state index contributed by atoms with van der Waals surface area (Å²) in [6.45, 7) is 2.87. The molecule has 2 aromatic rings. The molecule has 1 aliphatic heterocycles. The molecule has 1 amide bonds. The molecule has 0 spiro atoms. The van der Waals surface area contributed by atoms with Crippen molar-refractivity contribution < 1.29 is 4.79 Å². The molecule has 0 N–H and O–H groups in total. The third-order valence-corrected chi connectivity index (χ3v) is 5.71. The van der Waals surface area contributed by atoms with Crippen molar-refractivity contribution in [3.05, 3.63) is 70.7 Å². The van der Waals surface area contributed by atoms with E-state index in [2.05, 4.69) is 13.0 Å². The average molecular weight is 346 g/mol. The minimum atomic E-state index is -0.0726. The van der Waals surface area contributed by atoms with Gasteiger partial charge in [-0.15, -0.1) is 11.8 Å². The highest BCUT2D eigenvalue weighted by Crippen LogP contribution is 2.40. The normalized spacial score (nSPS) is 18.9. The van der Waals surface area contributed by atoms with Gasteiger partial charge in [0.1, 0.15) is 5.37 Å². The van der Waals surface area contributed by atoms with Gasteiger partial charge in [0.25, 0.3) is 0 Å². The summed E-state index contributed by atoms with van der Waals surface area (Å²) in [6.07, 6.45) is 0.812. The van der Waals surface area contributed by atoms with Crippen molar-refractivity contribution in [1.29, 1.82) is 0 Å². The first-order valence-corrected chi connectivity index (χ1v) is 9.36. The number of hydrogen-bond acceptors (Lipinski definition) is 2. The molecular formula is C19H20ClNOS. The first-order chi connectivity index (χ1) is 11.2. The molecule has 0 unspecified atom stereocenters. The van der Waals surface area contributed by atoms with E-state index in [0.717, 1.165) is 34.9 Å². The Bertz CT molecular complexity index is 676. The lowest BCUT2D eigenvalue weighted by Gasteiger charge is -2.28. The molecule has 1 fully saturated rings. The second-order valence-corrected chi connectivity index (χ2v) is 7.31. The summed E-state index contributed by atoms with van der Waals surface area (Å²) in [5, 5.41) is 0.788. The third-order valence-electron chi connectivity index (χ3n) is 4.22. The maximum Gasteiger partial charge on any atom is 0.231 e. The van der Waals surface area contributed by atoms with Crippen LogP contribution in [0, 0.1) is 0 Å². The second kappa shape index (κ2) is 7.41. The van der Waals surface area contributed by atoms with E-state index in [1.54, 1.807) is 0 Å². The summed E-state index contributed by atoms with van der Waals surface area (Å²) in [4.78, 5) is 15.1. The maximum atomic E-state index is 13.1. The van der Waals surface area contributed by atoms with E-state index in [-0.39, 0.29) is 17.2 Å². The van der Waals surface area contributed by atoms with Crippen LogP contribution in [0.4, 0.5) is 0 Å². The van der Waals surface area contributed by atoms with Gasteiger partial charge in [0.05, 0.1) is 5.92 Å². The summed E-state index contributed by atoms with van der Waals surface area (Å²) >= 11 is 7.93. The van der Waals surface area contributed by atoms with Crippen molar-refractivity contribution in [2.45, 2.75) is 24.6 Å². The van der Waals surface area contributed by atoms with Crippen molar-refractivity contribution in [2.24, 2.45) is 0 Å². The molecule has 0 saturated carbocycles. The number of benzene rings is 2. The quantitative estimate of drug-likeness (QED) is 0.767. The number of rotatable bonds is 4. The van der Waals surface area contributed by atoms with Crippen LogP contribution in [-0.2, 0) is 4.79 Å². The monoisotopic (exact) mass is 345 g/mol. The number of carbonyl (C=O) groups is 1. The number of nitrogens with zero attached hydrogens (tertiary/aromatic N) is 1. The smallest absolute Gasteiger partial charge is 0.231 e. The number of carbonyl (C=O) groups excluding carboxylic acids is 1. The molecule has 120 valence electrons. The molecule has 3 rings (SSSR count). The lowest BCUT2D eigenvalue weighted by Crippen LogP contribution is -2.34. The van der Waals surface area contributed by atoms with E-state index >= 15 is 0 Å². The van der Waals surface area contributed by atoms with Crippen LogP contribution in [0.5, 0.6) is 0 Å². The van der Waals surface area contributed by atoms with Crippen LogP contribution in [-0.4, -0.2) is 23.1 Å². The number of hydrogen-bond donors (Lipinski definition) is 0. The highest BCUT2D eigenvalue weighted by Gasteiger charge is 2.34.